The Balaban J connectivity index is 1.71. The maximum Gasteiger partial charge on any atom is 0.263 e. The van der Waals surface area contributed by atoms with E-state index in [1.54, 1.807) is 30.2 Å². The zero-order valence-electron chi connectivity index (χ0n) is 17.3. The third-order valence-electron chi connectivity index (χ3n) is 4.88. The monoisotopic (exact) mass is 392 g/mol. The number of aryl methyl sites for hydroxylation is 3. The highest BCUT2D eigenvalue weighted by molar-refractivity contribution is 5.95. The minimum atomic E-state index is -0.348. The van der Waals surface area contributed by atoms with E-state index in [0.29, 0.717) is 24.6 Å². The number of nitrogens with zero attached hydrogens (tertiary/aromatic N) is 3. The molecule has 6 nitrogen and oxygen atoms in total. The molecule has 3 aromatic rings. The average Bonchev–Trinajstić information content (AvgIpc) is 3.13. The van der Waals surface area contributed by atoms with Crippen LogP contribution in [0.5, 0.6) is 0 Å². The molecule has 1 amide bonds. The van der Waals surface area contributed by atoms with Crippen molar-refractivity contribution in [1.29, 1.82) is 0 Å². The Morgan fingerprint density at radius 1 is 1.14 bits per heavy atom. The lowest BCUT2D eigenvalue weighted by Crippen LogP contribution is -2.34. The number of pyridine rings is 1. The van der Waals surface area contributed by atoms with Crippen LogP contribution in [0, 0.1) is 12.8 Å². The van der Waals surface area contributed by atoms with E-state index in [4.69, 9.17) is 0 Å². The molecule has 1 aromatic carbocycles. The summed E-state index contributed by atoms with van der Waals surface area (Å²) in [6, 6.07) is 11.8. The van der Waals surface area contributed by atoms with E-state index < -0.39 is 0 Å². The highest BCUT2D eigenvalue weighted by Gasteiger charge is 2.16. The number of carbonyl (C=O) groups is 1. The number of carbonyl (C=O) groups excluding carboxylic acids is 1. The van der Waals surface area contributed by atoms with Gasteiger partial charge in [-0.05, 0) is 36.5 Å². The van der Waals surface area contributed by atoms with Crippen molar-refractivity contribution in [3.63, 3.8) is 0 Å². The quantitative estimate of drug-likeness (QED) is 0.640. The van der Waals surface area contributed by atoms with E-state index in [1.165, 1.54) is 0 Å². The zero-order valence-corrected chi connectivity index (χ0v) is 17.3. The molecule has 0 saturated carbocycles. The van der Waals surface area contributed by atoms with Crippen LogP contribution < -0.4 is 10.9 Å². The summed E-state index contributed by atoms with van der Waals surface area (Å²) in [5.74, 6) is 0.130. The van der Waals surface area contributed by atoms with Gasteiger partial charge in [0.15, 0.2) is 0 Å². The highest BCUT2D eigenvalue weighted by Crippen LogP contribution is 2.07. The van der Waals surface area contributed by atoms with Crippen LogP contribution in [-0.2, 0) is 26.1 Å². The maximum atomic E-state index is 12.9. The van der Waals surface area contributed by atoms with E-state index in [1.807, 2.05) is 41.0 Å². The number of hydrogen-bond acceptors (Lipinski definition) is 3. The van der Waals surface area contributed by atoms with Gasteiger partial charge in [-0.2, -0.15) is 0 Å². The van der Waals surface area contributed by atoms with Crippen LogP contribution in [0.3, 0.4) is 0 Å². The van der Waals surface area contributed by atoms with Gasteiger partial charge in [-0.25, -0.2) is 4.98 Å². The van der Waals surface area contributed by atoms with Gasteiger partial charge in [-0.15, -0.1) is 0 Å². The second-order valence-electron chi connectivity index (χ2n) is 7.72. The third-order valence-corrected chi connectivity index (χ3v) is 4.88. The van der Waals surface area contributed by atoms with Gasteiger partial charge in [0.05, 0.1) is 18.6 Å². The summed E-state index contributed by atoms with van der Waals surface area (Å²) in [6.45, 7) is 7.76. The molecule has 0 fully saturated rings. The predicted octanol–water partition coefficient (Wildman–Crippen LogP) is 3.18. The van der Waals surface area contributed by atoms with Gasteiger partial charge in [-0.1, -0.05) is 44.2 Å². The molecule has 0 atom stereocenters. The molecule has 0 saturated heterocycles. The normalized spacial score (nSPS) is 11.0. The molecule has 3 rings (SSSR count). The summed E-state index contributed by atoms with van der Waals surface area (Å²) in [5, 5.41) is 2.88. The minimum Gasteiger partial charge on any atom is -0.346 e. The number of amides is 1. The van der Waals surface area contributed by atoms with Crippen molar-refractivity contribution in [1.82, 2.24) is 19.4 Å². The summed E-state index contributed by atoms with van der Waals surface area (Å²) < 4.78 is 3.64. The second kappa shape index (κ2) is 9.37. The number of nitrogens with one attached hydrogen (secondary N) is 1. The molecule has 2 heterocycles. The number of imidazole rings is 1. The first-order valence-corrected chi connectivity index (χ1v) is 9.97. The van der Waals surface area contributed by atoms with Gasteiger partial charge >= 0.3 is 0 Å². The molecule has 152 valence electrons. The Bertz CT molecular complexity index is 1020. The highest BCUT2D eigenvalue weighted by atomic mass is 16.2. The third kappa shape index (κ3) is 5.22. The molecule has 2 aromatic heterocycles. The van der Waals surface area contributed by atoms with Crippen LogP contribution in [-0.4, -0.2) is 20.0 Å². The van der Waals surface area contributed by atoms with E-state index in [0.717, 1.165) is 24.2 Å². The predicted molar refractivity (Wildman–Crippen MR) is 114 cm³/mol. The fourth-order valence-corrected chi connectivity index (χ4v) is 3.32. The molecule has 6 heteroatoms. The molecular weight excluding hydrogens is 364 g/mol. The fourth-order valence-electron chi connectivity index (χ4n) is 3.32. The summed E-state index contributed by atoms with van der Waals surface area (Å²) >= 11 is 0. The zero-order chi connectivity index (χ0) is 20.8. The van der Waals surface area contributed by atoms with E-state index in [2.05, 4.69) is 24.1 Å². The van der Waals surface area contributed by atoms with Crippen LogP contribution in [0.25, 0.3) is 0 Å². The van der Waals surface area contributed by atoms with Gasteiger partial charge in [0.1, 0.15) is 5.56 Å². The van der Waals surface area contributed by atoms with E-state index >= 15 is 0 Å². The lowest BCUT2D eigenvalue weighted by Gasteiger charge is -2.13. The molecule has 0 aliphatic rings. The van der Waals surface area contributed by atoms with Crippen molar-refractivity contribution in [2.75, 3.05) is 0 Å². The minimum absolute atomic E-state index is 0.204. The van der Waals surface area contributed by atoms with Gasteiger partial charge in [0.25, 0.3) is 11.5 Å². The smallest absolute Gasteiger partial charge is 0.263 e. The van der Waals surface area contributed by atoms with E-state index in [-0.39, 0.29) is 17.0 Å². The Morgan fingerprint density at radius 2 is 1.90 bits per heavy atom. The van der Waals surface area contributed by atoms with Gasteiger partial charge in [0.2, 0.25) is 0 Å². The van der Waals surface area contributed by atoms with Crippen molar-refractivity contribution < 1.29 is 4.79 Å². The van der Waals surface area contributed by atoms with Crippen molar-refractivity contribution in [3.8, 4) is 0 Å². The lowest BCUT2D eigenvalue weighted by atomic mass is 10.1. The molecule has 0 spiro atoms. The molecule has 1 N–H and O–H groups in total. The molecule has 0 unspecified atom stereocenters. The summed E-state index contributed by atoms with van der Waals surface area (Å²) in [6.07, 6.45) is 6.01. The van der Waals surface area contributed by atoms with Gasteiger partial charge < -0.3 is 14.5 Å². The van der Waals surface area contributed by atoms with Crippen LogP contribution >= 0.6 is 0 Å². The second-order valence-corrected chi connectivity index (χ2v) is 7.72. The van der Waals surface area contributed by atoms with Crippen LogP contribution in [0.1, 0.15) is 41.0 Å². The topological polar surface area (TPSA) is 68.9 Å². The molecule has 0 bridgehead atoms. The van der Waals surface area contributed by atoms with Crippen molar-refractivity contribution in [2.45, 2.75) is 46.8 Å². The van der Waals surface area contributed by atoms with Crippen molar-refractivity contribution in [3.05, 3.63) is 87.9 Å². The average molecular weight is 393 g/mol. The summed E-state index contributed by atoms with van der Waals surface area (Å²) in [4.78, 5) is 29.9. The SMILES string of the molecule is Cc1ccn(CCc2ccccc2)c(=O)c1C(=O)NCc1cncn1CC(C)C. The standard InChI is InChI=1S/C23H28N4O2/c1-17(2)15-27-16-24-13-20(27)14-25-22(28)21-18(3)9-11-26(23(21)29)12-10-19-7-5-4-6-8-19/h4-9,11,13,16-17H,10,12,14-15H2,1-3H3,(H,25,28). The fraction of sp³-hybridized carbons (Fsp3) is 0.348. The first kappa shape index (κ1) is 20.6. The van der Waals surface area contributed by atoms with Crippen molar-refractivity contribution in [2.24, 2.45) is 5.92 Å². The molecule has 0 aliphatic heterocycles. The molecular formula is C23H28N4O2. The largest absolute Gasteiger partial charge is 0.346 e. The molecule has 29 heavy (non-hydrogen) atoms. The van der Waals surface area contributed by atoms with Crippen LogP contribution in [0.4, 0.5) is 0 Å². The summed E-state index contributed by atoms with van der Waals surface area (Å²) in [7, 11) is 0. The lowest BCUT2D eigenvalue weighted by molar-refractivity contribution is 0.0947. The first-order valence-electron chi connectivity index (χ1n) is 9.97. The Morgan fingerprint density at radius 3 is 2.62 bits per heavy atom. The maximum absolute atomic E-state index is 12.9. The first-order chi connectivity index (χ1) is 14.0. The number of benzene rings is 1. The van der Waals surface area contributed by atoms with E-state index in [9.17, 15) is 9.59 Å². The number of rotatable bonds is 8. The van der Waals surface area contributed by atoms with Gasteiger partial charge in [-0.3, -0.25) is 9.59 Å². The Labute approximate surface area is 171 Å². The van der Waals surface area contributed by atoms with Crippen LogP contribution in [0.2, 0.25) is 0 Å². The van der Waals surface area contributed by atoms with Gasteiger partial charge in [0, 0.05) is 25.5 Å². The Kier molecular flexibility index (Phi) is 6.65. The molecule has 0 aliphatic carbocycles. The number of aromatic nitrogens is 3. The van der Waals surface area contributed by atoms with Crippen molar-refractivity contribution >= 4 is 5.91 Å². The number of hydrogen-bond donors (Lipinski definition) is 1. The Hall–Kier alpha value is -3.15. The molecule has 0 radical (unpaired) electrons. The van der Waals surface area contributed by atoms with Crippen LogP contribution in [0.15, 0.2) is 59.9 Å². The summed E-state index contributed by atoms with van der Waals surface area (Å²) in [5.41, 5.74) is 2.71.